The van der Waals surface area contributed by atoms with Crippen LogP contribution in [-0.2, 0) is 6.54 Å². The Morgan fingerprint density at radius 1 is 1.14 bits per heavy atom. The van der Waals surface area contributed by atoms with Gasteiger partial charge in [0.05, 0.1) is 7.11 Å². The molecule has 2 N–H and O–H groups in total. The van der Waals surface area contributed by atoms with Gasteiger partial charge in [-0.1, -0.05) is 38.8 Å². The van der Waals surface area contributed by atoms with Crippen LogP contribution in [0.25, 0.3) is 0 Å². The molecule has 0 fully saturated rings. The highest BCUT2D eigenvalue weighted by Crippen LogP contribution is 2.11. The quantitative estimate of drug-likeness (QED) is 0.714. The molecular weight excluding hydrogens is 280 g/mol. The number of nitrogens with one attached hydrogen (secondary N) is 2. The molecule has 0 spiro atoms. The second-order valence-corrected chi connectivity index (χ2v) is 6.31. The number of rotatable bonds is 8. The van der Waals surface area contributed by atoms with E-state index in [1.165, 1.54) is 18.4 Å². The lowest BCUT2D eigenvalue weighted by Crippen LogP contribution is -2.40. The van der Waals surface area contributed by atoms with Crippen molar-refractivity contribution < 1.29 is 4.74 Å². The Kier molecular flexibility index (Phi) is 8.13. The van der Waals surface area contributed by atoms with E-state index in [1.807, 2.05) is 24.3 Å². The lowest BCUT2D eigenvalue weighted by atomic mass is 10.0. The van der Waals surface area contributed by atoms with Crippen LogP contribution in [0.5, 0.6) is 5.75 Å². The number of thiocarbonyl (C=S) groups is 1. The summed E-state index contributed by atoms with van der Waals surface area (Å²) in [6, 6.07) is 8.42. The molecular formula is C17H28N2OS. The maximum absolute atomic E-state index is 5.33. The van der Waals surface area contributed by atoms with E-state index in [4.69, 9.17) is 17.0 Å². The summed E-state index contributed by atoms with van der Waals surface area (Å²) in [4.78, 5) is 0. The fourth-order valence-corrected chi connectivity index (χ4v) is 2.38. The van der Waals surface area contributed by atoms with Crippen LogP contribution in [0.15, 0.2) is 24.3 Å². The highest BCUT2D eigenvalue weighted by molar-refractivity contribution is 7.80. The van der Waals surface area contributed by atoms with Crippen LogP contribution in [0.4, 0.5) is 0 Å². The molecule has 1 unspecified atom stereocenters. The Morgan fingerprint density at radius 2 is 1.81 bits per heavy atom. The minimum Gasteiger partial charge on any atom is -0.497 e. The van der Waals surface area contributed by atoms with Crippen molar-refractivity contribution in [3.8, 4) is 5.75 Å². The zero-order valence-electron chi connectivity index (χ0n) is 13.6. The van der Waals surface area contributed by atoms with Crippen LogP contribution in [-0.4, -0.2) is 18.3 Å². The summed E-state index contributed by atoms with van der Waals surface area (Å²) in [5.74, 6) is 1.65. The molecule has 1 atom stereocenters. The predicted molar refractivity (Wildman–Crippen MR) is 93.7 cm³/mol. The van der Waals surface area contributed by atoms with Crippen molar-refractivity contribution >= 4 is 17.3 Å². The highest BCUT2D eigenvalue weighted by atomic mass is 32.1. The maximum Gasteiger partial charge on any atom is 0.166 e. The number of benzene rings is 1. The third-order valence-electron chi connectivity index (χ3n) is 3.41. The Bertz CT molecular complexity index is 417. The van der Waals surface area contributed by atoms with Gasteiger partial charge >= 0.3 is 0 Å². The third-order valence-corrected chi connectivity index (χ3v) is 3.67. The first-order chi connectivity index (χ1) is 10.0. The largest absolute Gasteiger partial charge is 0.497 e. The molecule has 21 heavy (non-hydrogen) atoms. The molecule has 1 aromatic rings. The Balaban J connectivity index is 2.23. The van der Waals surface area contributed by atoms with Crippen LogP contribution >= 0.6 is 12.2 Å². The maximum atomic E-state index is 5.33. The molecule has 0 aliphatic rings. The van der Waals surface area contributed by atoms with Crippen molar-refractivity contribution in [2.45, 2.75) is 52.6 Å². The molecule has 1 rings (SSSR count). The summed E-state index contributed by atoms with van der Waals surface area (Å²) in [5.41, 5.74) is 1.19. The van der Waals surface area contributed by atoms with Gasteiger partial charge in [0, 0.05) is 12.6 Å². The molecule has 0 aromatic heterocycles. The van der Waals surface area contributed by atoms with Crippen molar-refractivity contribution in [2.24, 2.45) is 5.92 Å². The lowest BCUT2D eigenvalue weighted by Gasteiger charge is -2.17. The van der Waals surface area contributed by atoms with E-state index in [9.17, 15) is 0 Å². The average Bonchev–Trinajstić information content (AvgIpc) is 2.45. The second kappa shape index (κ2) is 9.61. The normalized spacial score (nSPS) is 12.0. The van der Waals surface area contributed by atoms with Crippen LogP contribution in [0.3, 0.4) is 0 Å². The highest BCUT2D eigenvalue weighted by Gasteiger charge is 2.05. The molecule has 1 aromatic carbocycles. The van der Waals surface area contributed by atoms with Gasteiger partial charge in [0.25, 0.3) is 0 Å². The Labute approximate surface area is 134 Å². The van der Waals surface area contributed by atoms with Gasteiger partial charge in [-0.3, -0.25) is 0 Å². The Morgan fingerprint density at radius 3 is 2.38 bits per heavy atom. The van der Waals surface area contributed by atoms with E-state index in [-0.39, 0.29) is 0 Å². The SMILES string of the molecule is COc1ccc(CNC(=S)NC(C)CCCC(C)C)cc1. The van der Waals surface area contributed by atoms with Crippen molar-refractivity contribution in [1.82, 2.24) is 10.6 Å². The van der Waals surface area contributed by atoms with E-state index in [0.29, 0.717) is 6.04 Å². The van der Waals surface area contributed by atoms with Gasteiger partial charge in [-0.25, -0.2) is 0 Å². The first kappa shape index (κ1) is 17.8. The molecule has 0 amide bonds. The van der Waals surface area contributed by atoms with E-state index in [0.717, 1.165) is 29.7 Å². The van der Waals surface area contributed by atoms with Crippen molar-refractivity contribution in [3.63, 3.8) is 0 Å². The molecule has 118 valence electrons. The van der Waals surface area contributed by atoms with Gasteiger partial charge in [0.2, 0.25) is 0 Å². The van der Waals surface area contributed by atoms with Crippen LogP contribution in [0.1, 0.15) is 45.6 Å². The Hall–Kier alpha value is -1.29. The third kappa shape index (κ3) is 7.90. The number of hydrogen-bond acceptors (Lipinski definition) is 2. The van der Waals surface area contributed by atoms with Crippen LogP contribution in [0, 0.1) is 5.92 Å². The first-order valence-electron chi connectivity index (χ1n) is 7.68. The molecule has 0 aliphatic heterocycles. The number of methoxy groups -OCH3 is 1. The molecule has 0 bridgehead atoms. The van der Waals surface area contributed by atoms with Crippen molar-refractivity contribution in [1.29, 1.82) is 0 Å². The van der Waals surface area contributed by atoms with E-state index < -0.39 is 0 Å². The summed E-state index contributed by atoms with van der Waals surface area (Å²) >= 11 is 5.33. The predicted octanol–water partition coefficient (Wildman–Crippen LogP) is 3.87. The summed E-state index contributed by atoms with van der Waals surface area (Å²) in [6.45, 7) is 7.44. The van der Waals surface area contributed by atoms with Gasteiger partial charge in [-0.15, -0.1) is 0 Å². The van der Waals surface area contributed by atoms with Gasteiger partial charge in [0.15, 0.2) is 5.11 Å². The summed E-state index contributed by atoms with van der Waals surface area (Å²) in [5, 5.41) is 7.31. The summed E-state index contributed by atoms with van der Waals surface area (Å²) in [6.07, 6.45) is 3.67. The molecule has 4 heteroatoms. The fourth-order valence-electron chi connectivity index (χ4n) is 2.11. The minimum atomic E-state index is 0.416. The van der Waals surface area contributed by atoms with Crippen LogP contribution in [0.2, 0.25) is 0 Å². The molecule has 0 saturated carbocycles. The summed E-state index contributed by atoms with van der Waals surface area (Å²) in [7, 11) is 1.67. The average molecular weight is 308 g/mol. The van der Waals surface area contributed by atoms with Gasteiger partial charge in [0.1, 0.15) is 5.75 Å². The van der Waals surface area contributed by atoms with Gasteiger partial charge < -0.3 is 15.4 Å². The first-order valence-corrected chi connectivity index (χ1v) is 8.09. The molecule has 0 saturated heterocycles. The topological polar surface area (TPSA) is 33.3 Å². The smallest absolute Gasteiger partial charge is 0.166 e. The van der Waals surface area contributed by atoms with Crippen LogP contribution < -0.4 is 15.4 Å². The van der Waals surface area contributed by atoms with E-state index >= 15 is 0 Å². The van der Waals surface area contributed by atoms with Gasteiger partial charge in [-0.05, 0) is 49.2 Å². The zero-order chi connectivity index (χ0) is 15.7. The van der Waals surface area contributed by atoms with E-state index in [1.54, 1.807) is 7.11 Å². The fraction of sp³-hybridized carbons (Fsp3) is 0.588. The molecule has 0 aliphatic carbocycles. The van der Waals surface area contributed by atoms with E-state index in [2.05, 4.69) is 31.4 Å². The second-order valence-electron chi connectivity index (χ2n) is 5.90. The molecule has 0 radical (unpaired) electrons. The van der Waals surface area contributed by atoms with Crippen molar-refractivity contribution in [2.75, 3.05) is 7.11 Å². The molecule has 0 heterocycles. The molecule has 3 nitrogen and oxygen atoms in total. The standard InChI is InChI=1S/C17H28N2OS/c1-13(2)6-5-7-14(3)19-17(21)18-12-15-8-10-16(20-4)11-9-15/h8-11,13-14H,5-7,12H2,1-4H3,(H2,18,19,21). The number of hydrogen-bond donors (Lipinski definition) is 2. The number of ether oxygens (including phenoxy) is 1. The van der Waals surface area contributed by atoms with Crippen molar-refractivity contribution in [3.05, 3.63) is 29.8 Å². The minimum absolute atomic E-state index is 0.416. The van der Waals surface area contributed by atoms with Gasteiger partial charge in [-0.2, -0.15) is 0 Å². The monoisotopic (exact) mass is 308 g/mol. The lowest BCUT2D eigenvalue weighted by molar-refractivity contribution is 0.414. The zero-order valence-corrected chi connectivity index (χ0v) is 14.4. The summed E-state index contributed by atoms with van der Waals surface area (Å²) < 4.78 is 5.14.